The second kappa shape index (κ2) is 9.60. The second-order valence-electron chi connectivity index (χ2n) is 3.91. The van der Waals surface area contributed by atoms with E-state index in [1.54, 1.807) is 6.26 Å². The van der Waals surface area contributed by atoms with Gasteiger partial charge in [-0.1, -0.05) is 0 Å². The van der Waals surface area contributed by atoms with Gasteiger partial charge in [-0.15, -0.1) is 0 Å². The monoisotopic (exact) mass is 308 g/mol. The Balaban J connectivity index is 0.00000172. The van der Waals surface area contributed by atoms with Crippen molar-refractivity contribution in [3.8, 4) is 0 Å². The molecular weight excluding hydrogens is 288 g/mol. The maximum atomic E-state index is 11.0. The number of carbonyl (C=O) groups is 3. The zero-order valence-corrected chi connectivity index (χ0v) is 12.8. The van der Waals surface area contributed by atoms with E-state index in [0.717, 1.165) is 0 Å². The van der Waals surface area contributed by atoms with Crippen molar-refractivity contribution in [1.29, 1.82) is 0 Å². The molecule has 0 aliphatic carbocycles. The zero-order chi connectivity index (χ0) is 15.7. The number of hydrogen-bond acceptors (Lipinski definition) is 8. The standard InChI is InChI=1S/C11H16O7.CH4S/c1-6(12)16-9-4-15-5-10(17-7(2)13)11(9)18-8(3)14;1-2/h9-11H,4-5H2,1-3H3;2H,1H3. The number of rotatable bonds is 3. The summed E-state index contributed by atoms with van der Waals surface area (Å²) in [6.07, 6.45) is -0.696. The molecule has 0 bridgehead atoms. The third kappa shape index (κ3) is 6.76. The molecule has 1 fully saturated rings. The smallest absolute Gasteiger partial charge is 0.303 e. The van der Waals surface area contributed by atoms with Crippen molar-refractivity contribution in [3.63, 3.8) is 0 Å². The van der Waals surface area contributed by atoms with E-state index in [1.165, 1.54) is 20.8 Å². The zero-order valence-electron chi connectivity index (χ0n) is 12.0. The summed E-state index contributed by atoms with van der Waals surface area (Å²) in [7, 11) is 0. The van der Waals surface area contributed by atoms with Gasteiger partial charge in [-0.2, -0.15) is 12.6 Å². The van der Waals surface area contributed by atoms with Gasteiger partial charge in [0.1, 0.15) is 0 Å². The molecule has 20 heavy (non-hydrogen) atoms. The fourth-order valence-electron chi connectivity index (χ4n) is 1.70. The average molecular weight is 308 g/mol. The largest absolute Gasteiger partial charge is 0.456 e. The Labute approximate surface area is 123 Å². The normalized spacial score (nSPS) is 24.8. The topological polar surface area (TPSA) is 88.1 Å². The van der Waals surface area contributed by atoms with Crippen LogP contribution in [0, 0.1) is 0 Å². The summed E-state index contributed by atoms with van der Waals surface area (Å²) < 4.78 is 20.2. The van der Waals surface area contributed by atoms with Crippen molar-refractivity contribution in [3.05, 3.63) is 0 Å². The molecule has 1 aliphatic heterocycles. The highest BCUT2D eigenvalue weighted by molar-refractivity contribution is 7.79. The number of carbonyl (C=O) groups excluding carboxylic acids is 3. The minimum atomic E-state index is -0.843. The first-order valence-corrected chi connectivity index (χ1v) is 6.83. The third-order valence-electron chi connectivity index (χ3n) is 2.23. The molecule has 0 amide bonds. The van der Waals surface area contributed by atoms with E-state index in [-0.39, 0.29) is 13.2 Å². The van der Waals surface area contributed by atoms with E-state index in [1.807, 2.05) is 0 Å². The van der Waals surface area contributed by atoms with Crippen LogP contribution in [0.3, 0.4) is 0 Å². The molecule has 0 aromatic rings. The quantitative estimate of drug-likeness (QED) is 0.457. The van der Waals surface area contributed by atoms with Gasteiger partial charge in [-0.25, -0.2) is 0 Å². The van der Waals surface area contributed by atoms with E-state index in [9.17, 15) is 14.4 Å². The summed E-state index contributed by atoms with van der Waals surface area (Å²) in [6, 6.07) is 0. The van der Waals surface area contributed by atoms with Gasteiger partial charge in [0.05, 0.1) is 13.2 Å². The SMILES string of the molecule is CC(=O)OC1COCC(OC(C)=O)C1OC(C)=O.CS. The summed E-state index contributed by atoms with van der Waals surface area (Å²) in [5, 5.41) is 0. The van der Waals surface area contributed by atoms with Crippen LogP contribution in [0.5, 0.6) is 0 Å². The van der Waals surface area contributed by atoms with Crippen molar-refractivity contribution < 1.29 is 33.3 Å². The molecule has 1 heterocycles. The lowest BCUT2D eigenvalue weighted by Crippen LogP contribution is -2.53. The van der Waals surface area contributed by atoms with E-state index in [0.29, 0.717) is 0 Å². The Morgan fingerprint density at radius 3 is 1.50 bits per heavy atom. The summed E-state index contributed by atoms with van der Waals surface area (Å²) in [6.45, 7) is 3.89. The molecule has 1 aliphatic rings. The Bertz CT molecular complexity index is 321. The lowest BCUT2D eigenvalue weighted by molar-refractivity contribution is -0.208. The van der Waals surface area contributed by atoms with Crippen LogP contribution in [-0.4, -0.2) is 55.7 Å². The third-order valence-corrected chi connectivity index (χ3v) is 2.23. The van der Waals surface area contributed by atoms with Gasteiger partial charge < -0.3 is 18.9 Å². The first-order chi connectivity index (χ1) is 9.40. The molecule has 1 rings (SSSR count). The van der Waals surface area contributed by atoms with Gasteiger partial charge in [0.2, 0.25) is 0 Å². The van der Waals surface area contributed by atoms with E-state index in [4.69, 9.17) is 18.9 Å². The summed E-state index contributed by atoms with van der Waals surface area (Å²) in [5.41, 5.74) is 0. The van der Waals surface area contributed by atoms with Crippen LogP contribution in [0.2, 0.25) is 0 Å². The summed E-state index contributed by atoms with van der Waals surface area (Å²) in [5.74, 6) is -1.59. The summed E-state index contributed by atoms with van der Waals surface area (Å²) in [4.78, 5) is 32.9. The van der Waals surface area contributed by atoms with Crippen LogP contribution in [0.4, 0.5) is 0 Å². The number of hydrogen-bond donors (Lipinski definition) is 1. The molecule has 2 atom stereocenters. The Morgan fingerprint density at radius 2 is 1.20 bits per heavy atom. The van der Waals surface area contributed by atoms with E-state index < -0.39 is 36.2 Å². The first-order valence-electron chi connectivity index (χ1n) is 5.94. The summed E-state index contributed by atoms with van der Waals surface area (Å²) >= 11 is 3.53. The highest BCUT2D eigenvalue weighted by Gasteiger charge is 2.40. The van der Waals surface area contributed by atoms with Crippen LogP contribution in [-0.2, 0) is 33.3 Å². The molecule has 0 N–H and O–H groups in total. The Kier molecular flexibility index (Phi) is 8.98. The fourth-order valence-corrected chi connectivity index (χ4v) is 1.70. The van der Waals surface area contributed by atoms with Gasteiger partial charge in [0.25, 0.3) is 0 Å². The van der Waals surface area contributed by atoms with Crippen LogP contribution in [0.15, 0.2) is 0 Å². The van der Waals surface area contributed by atoms with Crippen molar-refractivity contribution in [2.45, 2.75) is 39.1 Å². The van der Waals surface area contributed by atoms with Crippen LogP contribution in [0.1, 0.15) is 20.8 Å². The maximum absolute atomic E-state index is 11.0. The fraction of sp³-hybridized carbons (Fsp3) is 0.750. The molecule has 116 valence electrons. The van der Waals surface area contributed by atoms with Gasteiger partial charge in [-0.3, -0.25) is 14.4 Å². The van der Waals surface area contributed by atoms with Gasteiger partial charge in [-0.05, 0) is 6.26 Å². The molecule has 7 nitrogen and oxygen atoms in total. The predicted octanol–water partition coefficient (Wildman–Crippen LogP) is 0.358. The lowest BCUT2D eigenvalue weighted by atomic mass is 10.1. The minimum absolute atomic E-state index is 0.0926. The lowest BCUT2D eigenvalue weighted by Gasteiger charge is -2.35. The number of esters is 3. The molecule has 2 unspecified atom stereocenters. The molecule has 0 saturated carbocycles. The van der Waals surface area contributed by atoms with Crippen molar-refractivity contribution >= 4 is 30.5 Å². The van der Waals surface area contributed by atoms with Crippen LogP contribution < -0.4 is 0 Å². The van der Waals surface area contributed by atoms with Crippen molar-refractivity contribution in [1.82, 2.24) is 0 Å². The second-order valence-corrected chi connectivity index (χ2v) is 3.91. The maximum Gasteiger partial charge on any atom is 0.303 e. The average Bonchev–Trinajstić information content (AvgIpc) is 2.34. The Hall–Kier alpha value is -1.28. The molecule has 0 spiro atoms. The molecule has 1 saturated heterocycles. The van der Waals surface area contributed by atoms with E-state index >= 15 is 0 Å². The van der Waals surface area contributed by atoms with Gasteiger partial charge >= 0.3 is 17.9 Å². The van der Waals surface area contributed by atoms with E-state index in [2.05, 4.69) is 12.6 Å². The van der Waals surface area contributed by atoms with Gasteiger partial charge in [0, 0.05) is 20.8 Å². The van der Waals surface area contributed by atoms with Gasteiger partial charge in [0.15, 0.2) is 18.3 Å². The van der Waals surface area contributed by atoms with Crippen LogP contribution in [0.25, 0.3) is 0 Å². The highest BCUT2D eigenvalue weighted by atomic mass is 32.1. The van der Waals surface area contributed by atoms with Crippen molar-refractivity contribution in [2.24, 2.45) is 0 Å². The van der Waals surface area contributed by atoms with Crippen molar-refractivity contribution in [2.75, 3.05) is 19.5 Å². The molecule has 0 radical (unpaired) electrons. The van der Waals surface area contributed by atoms with Crippen LogP contribution >= 0.6 is 12.6 Å². The molecule has 8 heteroatoms. The Morgan fingerprint density at radius 1 is 0.850 bits per heavy atom. The molecule has 0 aromatic heterocycles. The molecular formula is C12H20O7S. The highest BCUT2D eigenvalue weighted by Crippen LogP contribution is 2.19. The number of thiol groups is 1. The molecule has 0 aromatic carbocycles. The predicted molar refractivity (Wildman–Crippen MR) is 72.4 cm³/mol. The minimum Gasteiger partial charge on any atom is -0.456 e. The first kappa shape index (κ1) is 18.7. The number of ether oxygens (including phenoxy) is 4.